The molecule has 0 radical (unpaired) electrons. The highest BCUT2D eigenvalue weighted by molar-refractivity contribution is 6.11. The highest BCUT2D eigenvalue weighted by Gasteiger charge is 2.24. The number of nitrogens with zero attached hydrogens (tertiary/aromatic N) is 3. The lowest BCUT2D eigenvalue weighted by Gasteiger charge is -2.19. The summed E-state index contributed by atoms with van der Waals surface area (Å²) in [5, 5.41) is 14.9. The predicted octanol–water partition coefficient (Wildman–Crippen LogP) is 10.9. The van der Waals surface area contributed by atoms with Crippen LogP contribution in [0.15, 0.2) is 103 Å². The van der Waals surface area contributed by atoms with Gasteiger partial charge in [-0.05, 0) is 100 Å². The average Bonchev–Trinajstić information content (AvgIpc) is 3.51. The van der Waals surface area contributed by atoms with Crippen molar-refractivity contribution in [2.45, 2.75) is 27.7 Å². The van der Waals surface area contributed by atoms with Crippen molar-refractivity contribution in [1.82, 2.24) is 9.13 Å². The number of fused-ring (bicyclic) bond motifs is 6. The minimum Gasteiger partial charge on any atom is -0.309 e. The molecule has 8 aromatic rings. The van der Waals surface area contributed by atoms with Crippen molar-refractivity contribution < 1.29 is 8.78 Å². The molecule has 0 amide bonds. The highest BCUT2D eigenvalue weighted by Crippen LogP contribution is 2.42. The van der Waals surface area contributed by atoms with Gasteiger partial charge in [-0.3, -0.25) is 0 Å². The molecule has 0 saturated carbocycles. The van der Waals surface area contributed by atoms with E-state index in [0.29, 0.717) is 22.5 Å². The lowest BCUT2D eigenvalue weighted by Crippen LogP contribution is -2.05. The fraction of sp³-hybridized carbons (Fsp3) is 0.0976. The summed E-state index contributed by atoms with van der Waals surface area (Å²) in [5.41, 5.74) is 9.78. The SMILES string of the molecule is Cc1ccc2c(c1)c1cc(C)ccc1n2-c1cc(-c2c(F)cccc2F)c(-n2c3ccc(C)cc3c3cc(C)ccc32)cc1C#N. The Morgan fingerprint density at radius 3 is 1.28 bits per heavy atom. The summed E-state index contributed by atoms with van der Waals surface area (Å²) >= 11 is 0. The van der Waals surface area contributed by atoms with E-state index >= 15 is 8.78 Å². The van der Waals surface area contributed by atoms with Crippen LogP contribution in [0.1, 0.15) is 27.8 Å². The van der Waals surface area contributed by atoms with Crippen molar-refractivity contribution in [1.29, 1.82) is 5.26 Å². The van der Waals surface area contributed by atoms with Gasteiger partial charge in [0.1, 0.15) is 17.7 Å². The van der Waals surface area contributed by atoms with E-state index in [4.69, 9.17) is 0 Å². The van der Waals surface area contributed by atoms with E-state index < -0.39 is 11.6 Å². The molecule has 46 heavy (non-hydrogen) atoms. The maximum Gasteiger partial charge on any atom is 0.134 e. The van der Waals surface area contributed by atoms with Crippen molar-refractivity contribution in [3.05, 3.63) is 143 Å². The second kappa shape index (κ2) is 10.2. The number of halogens is 2. The predicted molar refractivity (Wildman–Crippen MR) is 184 cm³/mol. The Balaban J connectivity index is 1.56. The quantitative estimate of drug-likeness (QED) is 0.198. The Kier molecular flexibility index (Phi) is 6.13. The van der Waals surface area contributed by atoms with E-state index in [1.165, 1.54) is 18.2 Å². The molecule has 5 heteroatoms. The maximum absolute atomic E-state index is 15.8. The van der Waals surface area contributed by atoms with E-state index in [2.05, 4.69) is 70.2 Å². The standard InChI is InChI=1S/C41H29F2N3/c1-23-8-12-35-28(16-23)29-17-24(2)9-13-36(29)45(35)39-21-32(41-33(42)6-5-7-34(41)43)40(20-27(39)22-44)46-37-14-10-25(3)18-30(37)31-19-26(4)11-15-38(31)46/h5-21H,1-4H3. The van der Waals surface area contributed by atoms with E-state index in [1.54, 1.807) is 12.1 Å². The van der Waals surface area contributed by atoms with Gasteiger partial charge in [0.15, 0.2) is 0 Å². The molecule has 2 aromatic heterocycles. The van der Waals surface area contributed by atoms with E-state index in [0.717, 1.165) is 65.9 Å². The molecule has 0 saturated heterocycles. The summed E-state index contributed by atoms with van der Waals surface area (Å²) in [6.07, 6.45) is 0. The Bertz CT molecular complexity index is 2470. The molecule has 0 aliphatic heterocycles. The van der Waals surface area contributed by atoms with Crippen LogP contribution >= 0.6 is 0 Å². The number of hydrogen-bond donors (Lipinski definition) is 0. The van der Waals surface area contributed by atoms with Crippen LogP contribution in [0.2, 0.25) is 0 Å². The Hall–Kier alpha value is -5.73. The molecule has 0 spiro atoms. The summed E-state index contributed by atoms with van der Waals surface area (Å²) in [6, 6.07) is 34.9. The van der Waals surface area contributed by atoms with Crippen molar-refractivity contribution in [3.8, 4) is 28.6 Å². The Labute approximate surface area is 265 Å². The zero-order chi connectivity index (χ0) is 31.9. The smallest absolute Gasteiger partial charge is 0.134 e. The van der Waals surface area contributed by atoms with Crippen molar-refractivity contribution in [3.63, 3.8) is 0 Å². The first-order valence-electron chi connectivity index (χ1n) is 15.3. The Morgan fingerprint density at radius 1 is 0.500 bits per heavy atom. The molecule has 0 atom stereocenters. The van der Waals surface area contributed by atoms with E-state index in [9.17, 15) is 5.26 Å². The second-order valence-electron chi connectivity index (χ2n) is 12.3. The zero-order valence-corrected chi connectivity index (χ0v) is 25.9. The molecule has 0 fully saturated rings. The first-order valence-corrected chi connectivity index (χ1v) is 15.3. The van der Waals surface area contributed by atoms with Gasteiger partial charge in [-0.15, -0.1) is 0 Å². The summed E-state index contributed by atoms with van der Waals surface area (Å²) in [7, 11) is 0. The summed E-state index contributed by atoms with van der Waals surface area (Å²) in [4.78, 5) is 0. The van der Waals surface area contributed by atoms with E-state index in [-0.39, 0.29) is 5.56 Å². The summed E-state index contributed by atoms with van der Waals surface area (Å²) < 4.78 is 35.7. The molecule has 0 aliphatic rings. The van der Waals surface area contributed by atoms with Crippen LogP contribution in [0.4, 0.5) is 8.78 Å². The van der Waals surface area contributed by atoms with Gasteiger partial charge in [0, 0.05) is 27.1 Å². The fourth-order valence-corrected chi connectivity index (χ4v) is 7.01. The first-order chi connectivity index (χ1) is 22.2. The van der Waals surface area contributed by atoms with Crippen LogP contribution in [0.5, 0.6) is 0 Å². The molecule has 0 aliphatic carbocycles. The van der Waals surface area contributed by atoms with Gasteiger partial charge < -0.3 is 9.13 Å². The number of benzene rings is 6. The van der Waals surface area contributed by atoms with Gasteiger partial charge in [0.05, 0.1) is 44.6 Å². The van der Waals surface area contributed by atoms with E-state index in [1.807, 2.05) is 45.5 Å². The van der Waals surface area contributed by atoms with Crippen LogP contribution in [-0.2, 0) is 0 Å². The summed E-state index contributed by atoms with van der Waals surface area (Å²) in [5.74, 6) is -1.34. The second-order valence-corrected chi connectivity index (χ2v) is 12.3. The first kappa shape index (κ1) is 27.8. The largest absolute Gasteiger partial charge is 0.309 e. The zero-order valence-electron chi connectivity index (χ0n) is 25.9. The van der Waals surface area contributed by atoms with Gasteiger partial charge in [-0.2, -0.15) is 5.26 Å². The van der Waals surface area contributed by atoms with Gasteiger partial charge in [0.2, 0.25) is 0 Å². The van der Waals surface area contributed by atoms with Crippen molar-refractivity contribution in [2.24, 2.45) is 0 Å². The van der Waals surface area contributed by atoms with Gasteiger partial charge in [-0.25, -0.2) is 8.78 Å². The van der Waals surface area contributed by atoms with Crippen LogP contribution < -0.4 is 0 Å². The van der Waals surface area contributed by atoms with Crippen LogP contribution in [0.25, 0.3) is 66.1 Å². The summed E-state index contributed by atoms with van der Waals surface area (Å²) in [6.45, 7) is 8.22. The van der Waals surface area contributed by atoms with Gasteiger partial charge >= 0.3 is 0 Å². The highest BCUT2D eigenvalue weighted by atomic mass is 19.1. The third kappa shape index (κ3) is 4.07. The lowest BCUT2D eigenvalue weighted by atomic mass is 9.98. The maximum atomic E-state index is 15.8. The molecular formula is C41H29F2N3. The third-order valence-corrected chi connectivity index (χ3v) is 9.10. The molecule has 222 valence electrons. The normalized spacial score (nSPS) is 11.7. The molecule has 6 aromatic carbocycles. The molecule has 0 N–H and O–H groups in total. The molecular weight excluding hydrogens is 572 g/mol. The van der Waals surface area contributed by atoms with Crippen LogP contribution in [0, 0.1) is 50.7 Å². The van der Waals surface area contributed by atoms with Crippen molar-refractivity contribution >= 4 is 43.6 Å². The minimum absolute atomic E-state index is 0.134. The number of hydrogen-bond acceptors (Lipinski definition) is 1. The molecule has 0 bridgehead atoms. The molecule has 0 unspecified atom stereocenters. The monoisotopic (exact) mass is 601 g/mol. The number of aromatic nitrogens is 2. The van der Waals surface area contributed by atoms with Gasteiger partial charge in [-0.1, -0.05) is 52.6 Å². The van der Waals surface area contributed by atoms with Crippen LogP contribution in [0.3, 0.4) is 0 Å². The van der Waals surface area contributed by atoms with Gasteiger partial charge in [0.25, 0.3) is 0 Å². The minimum atomic E-state index is -0.669. The third-order valence-electron chi connectivity index (χ3n) is 9.10. The molecule has 2 heterocycles. The fourth-order valence-electron chi connectivity index (χ4n) is 7.01. The van der Waals surface area contributed by atoms with Crippen molar-refractivity contribution in [2.75, 3.05) is 0 Å². The number of nitriles is 1. The number of rotatable bonds is 3. The molecule has 8 rings (SSSR count). The van der Waals surface area contributed by atoms with Crippen LogP contribution in [-0.4, -0.2) is 9.13 Å². The molecule has 3 nitrogen and oxygen atoms in total. The Morgan fingerprint density at radius 2 is 0.891 bits per heavy atom. The average molecular weight is 602 g/mol. The lowest BCUT2D eigenvalue weighted by molar-refractivity contribution is 0.589. The number of aryl methyl sites for hydroxylation is 4. The topological polar surface area (TPSA) is 33.6 Å².